The first-order valence-electron chi connectivity index (χ1n) is 7.38. The van der Waals surface area contributed by atoms with Crippen LogP contribution in [0, 0.1) is 6.92 Å². The second kappa shape index (κ2) is 6.04. The van der Waals surface area contributed by atoms with E-state index < -0.39 is 0 Å². The maximum atomic E-state index is 12.2. The SMILES string of the molecule is CCn1cc(C(=O)NCc2cc(=O)n3ccccc3n2)c(C)n1. The number of amides is 1. The van der Waals surface area contributed by atoms with E-state index >= 15 is 0 Å². The average Bonchev–Trinajstić information content (AvgIpc) is 2.94. The summed E-state index contributed by atoms with van der Waals surface area (Å²) in [6.07, 6.45) is 3.38. The van der Waals surface area contributed by atoms with Gasteiger partial charge in [0, 0.05) is 25.0 Å². The fourth-order valence-corrected chi connectivity index (χ4v) is 2.36. The van der Waals surface area contributed by atoms with Gasteiger partial charge >= 0.3 is 0 Å². The molecule has 7 nitrogen and oxygen atoms in total. The number of nitrogens with one attached hydrogen (secondary N) is 1. The molecule has 3 rings (SSSR count). The lowest BCUT2D eigenvalue weighted by molar-refractivity contribution is 0.0949. The van der Waals surface area contributed by atoms with Crippen LogP contribution < -0.4 is 10.9 Å². The Morgan fingerprint density at radius 2 is 2.17 bits per heavy atom. The molecule has 0 spiro atoms. The molecule has 3 heterocycles. The van der Waals surface area contributed by atoms with Gasteiger partial charge in [0.25, 0.3) is 11.5 Å². The van der Waals surface area contributed by atoms with Crippen LogP contribution in [0.15, 0.2) is 41.5 Å². The van der Waals surface area contributed by atoms with Crippen molar-refractivity contribution in [2.45, 2.75) is 26.9 Å². The van der Waals surface area contributed by atoms with Gasteiger partial charge in [0.2, 0.25) is 0 Å². The Hall–Kier alpha value is -2.96. The van der Waals surface area contributed by atoms with Gasteiger partial charge in [-0.2, -0.15) is 5.10 Å². The molecule has 0 aliphatic heterocycles. The molecule has 0 fully saturated rings. The van der Waals surface area contributed by atoms with Crippen molar-refractivity contribution in [3.05, 3.63) is 64.0 Å². The first kappa shape index (κ1) is 15.0. The Kier molecular flexibility index (Phi) is 3.92. The summed E-state index contributed by atoms with van der Waals surface area (Å²) in [5, 5.41) is 7.03. The summed E-state index contributed by atoms with van der Waals surface area (Å²) in [7, 11) is 0. The Labute approximate surface area is 132 Å². The van der Waals surface area contributed by atoms with E-state index in [1.54, 1.807) is 36.1 Å². The number of pyridine rings is 1. The average molecular weight is 311 g/mol. The molecule has 7 heteroatoms. The lowest BCUT2D eigenvalue weighted by Gasteiger charge is -2.05. The van der Waals surface area contributed by atoms with Crippen LogP contribution >= 0.6 is 0 Å². The Bertz CT molecular complexity index is 926. The van der Waals surface area contributed by atoms with Gasteiger partial charge in [-0.05, 0) is 26.0 Å². The Balaban J connectivity index is 1.79. The minimum absolute atomic E-state index is 0.171. The lowest BCUT2D eigenvalue weighted by Crippen LogP contribution is -2.25. The third kappa shape index (κ3) is 2.98. The van der Waals surface area contributed by atoms with E-state index in [1.165, 1.54) is 10.5 Å². The van der Waals surface area contributed by atoms with Crippen LogP contribution in [0.2, 0.25) is 0 Å². The zero-order chi connectivity index (χ0) is 16.4. The van der Waals surface area contributed by atoms with Gasteiger partial charge in [-0.15, -0.1) is 0 Å². The Morgan fingerprint density at radius 1 is 1.35 bits per heavy atom. The van der Waals surface area contributed by atoms with Gasteiger partial charge in [0.15, 0.2) is 0 Å². The predicted molar refractivity (Wildman–Crippen MR) is 85.3 cm³/mol. The first-order valence-corrected chi connectivity index (χ1v) is 7.38. The van der Waals surface area contributed by atoms with Crippen LogP contribution in [0.5, 0.6) is 0 Å². The van der Waals surface area contributed by atoms with Crippen LogP contribution in [0.3, 0.4) is 0 Å². The van der Waals surface area contributed by atoms with Crippen molar-refractivity contribution in [3.63, 3.8) is 0 Å². The predicted octanol–water partition coefficient (Wildman–Crippen LogP) is 1.15. The first-order chi connectivity index (χ1) is 11.1. The third-order valence-corrected chi connectivity index (χ3v) is 3.57. The van der Waals surface area contributed by atoms with Crippen LogP contribution in [0.4, 0.5) is 0 Å². The summed E-state index contributed by atoms with van der Waals surface area (Å²) in [5.41, 5.74) is 2.12. The molecule has 0 radical (unpaired) electrons. The number of carbonyl (C=O) groups is 1. The smallest absolute Gasteiger partial charge is 0.258 e. The van der Waals surface area contributed by atoms with Gasteiger partial charge in [-0.25, -0.2) is 4.98 Å². The molecule has 0 atom stereocenters. The van der Waals surface area contributed by atoms with Crippen molar-refractivity contribution in [1.29, 1.82) is 0 Å². The number of fused-ring (bicyclic) bond motifs is 1. The fraction of sp³-hybridized carbons (Fsp3) is 0.250. The fourth-order valence-electron chi connectivity index (χ4n) is 2.36. The maximum absolute atomic E-state index is 12.2. The minimum Gasteiger partial charge on any atom is -0.346 e. The highest BCUT2D eigenvalue weighted by molar-refractivity contribution is 5.94. The van der Waals surface area contributed by atoms with Crippen LogP contribution in [0.1, 0.15) is 28.7 Å². The number of hydrogen-bond donors (Lipinski definition) is 1. The van der Waals surface area contributed by atoms with E-state index in [9.17, 15) is 9.59 Å². The molecular formula is C16H17N5O2. The molecule has 0 saturated heterocycles. The minimum atomic E-state index is -0.225. The molecule has 3 aromatic heterocycles. The van der Waals surface area contributed by atoms with E-state index in [4.69, 9.17) is 0 Å². The quantitative estimate of drug-likeness (QED) is 0.783. The Morgan fingerprint density at radius 3 is 2.91 bits per heavy atom. The molecule has 118 valence electrons. The standard InChI is InChI=1S/C16H17N5O2/c1-3-20-10-13(11(2)19-20)16(23)17-9-12-8-15(22)21-7-5-4-6-14(21)18-12/h4-8,10H,3,9H2,1-2H3,(H,17,23). The zero-order valence-electron chi connectivity index (χ0n) is 13.0. The second-order valence-corrected chi connectivity index (χ2v) is 5.18. The van der Waals surface area contributed by atoms with Crippen LogP contribution in [-0.4, -0.2) is 25.1 Å². The molecule has 23 heavy (non-hydrogen) atoms. The molecule has 0 unspecified atom stereocenters. The molecular weight excluding hydrogens is 294 g/mol. The summed E-state index contributed by atoms with van der Waals surface area (Å²) in [4.78, 5) is 28.6. The normalized spacial score (nSPS) is 10.9. The summed E-state index contributed by atoms with van der Waals surface area (Å²) in [5.74, 6) is -0.225. The van der Waals surface area contributed by atoms with Crippen molar-refractivity contribution in [2.75, 3.05) is 0 Å². The van der Waals surface area contributed by atoms with Crippen LogP contribution in [-0.2, 0) is 13.1 Å². The number of rotatable bonds is 4. The molecule has 3 aromatic rings. The highest BCUT2D eigenvalue weighted by Gasteiger charge is 2.13. The number of carbonyl (C=O) groups excluding carboxylic acids is 1. The molecule has 0 aliphatic carbocycles. The highest BCUT2D eigenvalue weighted by atomic mass is 16.1. The maximum Gasteiger partial charge on any atom is 0.258 e. The molecule has 0 bridgehead atoms. The molecule has 0 aliphatic rings. The topological polar surface area (TPSA) is 81.3 Å². The van der Waals surface area contributed by atoms with Crippen molar-refractivity contribution in [2.24, 2.45) is 0 Å². The molecule has 0 saturated carbocycles. The van der Waals surface area contributed by atoms with Crippen molar-refractivity contribution >= 4 is 11.6 Å². The van der Waals surface area contributed by atoms with Gasteiger partial charge in [0.1, 0.15) is 5.65 Å². The van der Waals surface area contributed by atoms with Gasteiger partial charge in [-0.3, -0.25) is 18.7 Å². The zero-order valence-corrected chi connectivity index (χ0v) is 13.0. The number of nitrogens with zero attached hydrogens (tertiary/aromatic N) is 4. The summed E-state index contributed by atoms with van der Waals surface area (Å²) < 4.78 is 3.17. The van der Waals surface area contributed by atoms with E-state index in [2.05, 4.69) is 15.4 Å². The number of aryl methyl sites for hydroxylation is 2. The lowest BCUT2D eigenvalue weighted by atomic mass is 10.2. The van der Waals surface area contributed by atoms with Gasteiger partial charge in [-0.1, -0.05) is 6.07 Å². The van der Waals surface area contributed by atoms with E-state index in [0.717, 1.165) is 0 Å². The molecule has 1 amide bonds. The molecule has 0 aromatic carbocycles. The number of hydrogen-bond acceptors (Lipinski definition) is 4. The largest absolute Gasteiger partial charge is 0.346 e. The molecule has 1 N–H and O–H groups in total. The summed E-state index contributed by atoms with van der Waals surface area (Å²) in [6.45, 7) is 4.65. The van der Waals surface area contributed by atoms with Crippen LogP contribution in [0.25, 0.3) is 5.65 Å². The van der Waals surface area contributed by atoms with Crippen molar-refractivity contribution in [1.82, 2.24) is 24.5 Å². The second-order valence-electron chi connectivity index (χ2n) is 5.18. The highest BCUT2D eigenvalue weighted by Crippen LogP contribution is 2.06. The van der Waals surface area contributed by atoms with Crippen molar-refractivity contribution < 1.29 is 4.79 Å². The monoisotopic (exact) mass is 311 g/mol. The van der Waals surface area contributed by atoms with E-state index in [0.29, 0.717) is 29.1 Å². The van der Waals surface area contributed by atoms with E-state index in [1.807, 2.05) is 13.0 Å². The summed E-state index contributed by atoms with van der Waals surface area (Å²) in [6, 6.07) is 6.76. The summed E-state index contributed by atoms with van der Waals surface area (Å²) >= 11 is 0. The van der Waals surface area contributed by atoms with Gasteiger partial charge < -0.3 is 5.32 Å². The van der Waals surface area contributed by atoms with E-state index in [-0.39, 0.29) is 18.0 Å². The van der Waals surface area contributed by atoms with Crippen molar-refractivity contribution in [3.8, 4) is 0 Å². The number of aromatic nitrogens is 4. The van der Waals surface area contributed by atoms with Gasteiger partial charge in [0.05, 0.1) is 23.5 Å². The third-order valence-electron chi connectivity index (χ3n) is 3.57.